The van der Waals surface area contributed by atoms with E-state index in [1.54, 1.807) is 7.11 Å². The number of aliphatic carboxylic acids is 1. The van der Waals surface area contributed by atoms with Gasteiger partial charge in [-0.15, -0.1) is 0 Å². The highest BCUT2D eigenvalue weighted by molar-refractivity contribution is 5.74. The summed E-state index contributed by atoms with van der Waals surface area (Å²) in [7, 11) is 1.70. The van der Waals surface area contributed by atoms with Crippen LogP contribution < -0.4 is 0 Å². The van der Waals surface area contributed by atoms with Crippen molar-refractivity contribution in [3.8, 4) is 0 Å². The van der Waals surface area contributed by atoms with E-state index in [0.717, 1.165) is 38.5 Å². The number of hydrogen-bond acceptors (Lipinski definition) is 2. The first-order valence-electron chi connectivity index (χ1n) is 7.51. The quantitative estimate of drug-likeness (QED) is 0.790. The fourth-order valence-corrected chi connectivity index (χ4v) is 3.07. The number of carboxylic acids is 1. The van der Waals surface area contributed by atoms with Gasteiger partial charge in [-0.05, 0) is 64.2 Å². The van der Waals surface area contributed by atoms with Crippen LogP contribution in [-0.2, 0) is 9.53 Å². The summed E-state index contributed by atoms with van der Waals surface area (Å²) in [6.45, 7) is 8.55. The molecule has 19 heavy (non-hydrogen) atoms. The molecule has 3 nitrogen and oxygen atoms in total. The average molecular weight is 270 g/mol. The lowest BCUT2D eigenvalue weighted by molar-refractivity contribution is -0.153. The van der Waals surface area contributed by atoms with Crippen LogP contribution in [0.3, 0.4) is 0 Å². The summed E-state index contributed by atoms with van der Waals surface area (Å²) in [5.74, 6) is 0.756. The van der Waals surface area contributed by atoms with Crippen LogP contribution in [0.5, 0.6) is 0 Å². The smallest absolute Gasteiger partial charge is 0.309 e. The number of rotatable bonds is 6. The summed E-state index contributed by atoms with van der Waals surface area (Å²) in [4.78, 5) is 11.7. The normalized spacial score (nSPS) is 28.6. The van der Waals surface area contributed by atoms with Crippen molar-refractivity contribution < 1.29 is 14.6 Å². The van der Waals surface area contributed by atoms with Crippen LogP contribution in [0.15, 0.2) is 0 Å². The highest BCUT2D eigenvalue weighted by atomic mass is 16.5. The van der Waals surface area contributed by atoms with E-state index in [4.69, 9.17) is 4.74 Å². The monoisotopic (exact) mass is 270 g/mol. The van der Waals surface area contributed by atoms with Crippen LogP contribution in [0.4, 0.5) is 0 Å². The maximum absolute atomic E-state index is 11.7. The van der Waals surface area contributed by atoms with Crippen LogP contribution in [0.1, 0.15) is 66.2 Å². The fraction of sp³-hybridized carbons (Fsp3) is 0.938. The Morgan fingerprint density at radius 3 is 2.26 bits per heavy atom. The molecule has 1 N–H and O–H groups in total. The van der Waals surface area contributed by atoms with Gasteiger partial charge in [-0.25, -0.2) is 0 Å². The Labute approximate surface area is 117 Å². The predicted octanol–water partition coefficient (Wildman–Crippen LogP) is 4.11. The number of carboxylic acid groups (broad SMARTS) is 1. The van der Waals surface area contributed by atoms with E-state index in [2.05, 4.69) is 13.8 Å². The van der Waals surface area contributed by atoms with Crippen LogP contribution >= 0.6 is 0 Å². The first-order valence-corrected chi connectivity index (χ1v) is 7.51. The molecule has 0 heterocycles. The molecule has 0 aliphatic heterocycles. The number of carbonyl (C=O) groups is 1. The van der Waals surface area contributed by atoms with Crippen molar-refractivity contribution in [1.82, 2.24) is 0 Å². The molecule has 0 atom stereocenters. The lowest BCUT2D eigenvalue weighted by Gasteiger charge is -2.39. The maximum atomic E-state index is 11.7. The number of methoxy groups -OCH3 is 1. The summed E-state index contributed by atoms with van der Waals surface area (Å²) < 4.78 is 5.42. The lowest BCUT2D eigenvalue weighted by Crippen LogP contribution is -2.38. The third-order valence-electron chi connectivity index (χ3n) is 5.14. The number of hydrogen-bond donors (Lipinski definition) is 1. The molecule has 1 fully saturated rings. The first-order chi connectivity index (χ1) is 8.72. The maximum Gasteiger partial charge on any atom is 0.309 e. The molecule has 1 aliphatic rings. The van der Waals surface area contributed by atoms with Crippen molar-refractivity contribution in [2.24, 2.45) is 17.3 Å². The van der Waals surface area contributed by atoms with E-state index in [9.17, 15) is 9.90 Å². The molecule has 3 heteroatoms. The van der Waals surface area contributed by atoms with Crippen molar-refractivity contribution in [2.75, 3.05) is 7.11 Å². The Morgan fingerprint density at radius 2 is 1.89 bits per heavy atom. The van der Waals surface area contributed by atoms with Gasteiger partial charge < -0.3 is 9.84 Å². The molecule has 0 aromatic rings. The summed E-state index contributed by atoms with van der Waals surface area (Å²) in [5.41, 5.74) is -0.738. The summed E-state index contributed by atoms with van der Waals surface area (Å²) >= 11 is 0. The molecule has 0 spiro atoms. The standard InChI is InChI=1S/C16H30O3/c1-12(2)13-6-8-16(9-7-13,14(17)18)11-10-15(3,4)19-5/h12-13H,6-11H2,1-5H3,(H,17,18). The van der Waals surface area contributed by atoms with Gasteiger partial charge in [-0.3, -0.25) is 4.79 Å². The molecular formula is C16H30O3. The van der Waals surface area contributed by atoms with Crippen molar-refractivity contribution in [3.63, 3.8) is 0 Å². The molecule has 112 valence electrons. The molecular weight excluding hydrogens is 240 g/mol. The molecule has 0 unspecified atom stereocenters. The average Bonchev–Trinajstić information content (AvgIpc) is 2.36. The van der Waals surface area contributed by atoms with E-state index in [1.807, 2.05) is 13.8 Å². The van der Waals surface area contributed by atoms with Gasteiger partial charge in [0.15, 0.2) is 0 Å². The molecule has 1 saturated carbocycles. The molecule has 0 saturated heterocycles. The predicted molar refractivity (Wildman–Crippen MR) is 77.2 cm³/mol. The topological polar surface area (TPSA) is 46.5 Å². The Bertz CT molecular complexity index is 299. The first kappa shape index (κ1) is 16.5. The minimum atomic E-state index is -0.610. The third kappa shape index (κ3) is 4.20. The minimum absolute atomic E-state index is 0.225. The Morgan fingerprint density at radius 1 is 1.37 bits per heavy atom. The van der Waals surface area contributed by atoms with Crippen molar-refractivity contribution in [2.45, 2.75) is 71.8 Å². The Hall–Kier alpha value is -0.570. The SMILES string of the molecule is COC(C)(C)CCC1(C(=O)O)CCC(C(C)C)CC1. The molecule has 0 amide bonds. The van der Waals surface area contributed by atoms with E-state index >= 15 is 0 Å². The van der Waals surface area contributed by atoms with Gasteiger partial charge in [0.05, 0.1) is 11.0 Å². The van der Waals surface area contributed by atoms with Crippen LogP contribution in [0.25, 0.3) is 0 Å². The summed E-state index contributed by atoms with van der Waals surface area (Å²) in [6, 6.07) is 0. The second-order valence-electron chi connectivity index (χ2n) is 7.13. The summed E-state index contributed by atoms with van der Waals surface area (Å²) in [6.07, 6.45) is 5.29. The second-order valence-corrected chi connectivity index (χ2v) is 7.13. The highest BCUT2D eigenvalue weighted by Gasteiger charge is 2.43. The second kappa shape index (κ2) is 6.25. The van der Waals surface area contributed by atoms with Crippen LogP contribution in [0.2, 0.25) is 0 Å². The van der Waals surface area contributed by atoms with Gasteiger partial charge in [0.1, 0.15) is 0 Å². The molecule has 1 aliphatic carbocycles. The minimum Gasteiger partial charge on any atom is -0.481 e. The highest BCUT2D eigenvalue weighted by Crippen LogP contribution is 2.45. The number of ether oxygens (including phenoxy) is 1. The molecule has 1 rings (SSSR count). The fourth-order valence-electron chi connectivity index (χ4n) is 3.07. The molecule has 0 radical (unpaired) electrons. The van der Waals surface area contributed by atoms with Crippen molar-refractivity contribution in [1.29, 1.82) is 0 Å². The van der Waals surface area contributed by atoms with E-state index in [0.29, 0.717) is 11.8 Å². The Kier molecular flexibility index (Phi) is 5.43. The zero-order chi connectivity index (χ0) is 14.7. The van der Waals surface area contributed by atoms with Gasteiger partial charge in [-0.1, -0.05) is 13.8 Å². The van der Waals surface area contributed by atoms with Crippen LogP contribution in [-0.4, -0.2) is 23.8 Å². The largest absolute Gasteiger partial charge is 0.481 e. The lowest BCUT2D eigenvalue weighted by atomic mass is 9.65. The summed E-state index contributed by atoms with van der Waals surface area (Å²) in [5, 5.41) is 9.64. The van der Waals surface area contributed by atoms with Gasteiger partial charge in [0, 0.05) is 7.11 Å². The van der Waals surface area contributed by atoms with Crippen molar-refractivity contribution >= 4 is 5.97 Å². The van der Waals surface area contributed by atoms with Gasteiger partial charge >= 0.3 is 5.97 Å². The van der Waals surface area contributed by atoms with E-state index < -0.39 is 11.4 Å². The van der Waals surface area contributed by atoms with Gasteiger partial charge in [-0.2, -0.15) is 0 Å². The van der Waals surface area contributed by atoms with Crippen LogP contribution in [0, 0.1) is 17.3 Å². The van der Waals surface area contributed by atoms with E-state index in [1.165, 1.54) is 0 Å². The van der Waals surface area contributed by atoms with E-state index in [-0.39, 0.29) is 5.60 Å². The van der Waals surface area contributed by atoms with Crippen molar-refractivity contribution in [3.05, 3.63) is 0 Å². The zero-order valence-corrected chi connectivity index (χ0v) is 13.2. The molecule has 0 aromatic heterocycles. The Balaban J connectivity index is 2.66. The zero-order valence-electron chi connectivity index (χ0n) is 13.2. The molecule has 0 aromatic carbocycles. The van der Waals surface area contributed by atoms with Gasteiger partial charge in [0.2, 0.25) is 0 Å². The van der Waals surface area contributed by atoms with Gasteiger partial charge in [0.25, 0.3) is 0 Å². The third-order valence-corrected chi connectivity index (χ3v) is 5.14. The molecule has 0 bridgehead atoms.